The second-order valence-corrected chi connectivity index (χ2v) is 7.09. The Morgan fingerprint density at radius 1 is 0.733 bits per heavy atom. The monoisotopic (exact) mass is 409 g/mol. The molecule has 0 aliphatic rings. The van der Waals surface area contributed by atoms with Gasteiger partial charge in [-0.1, -0.05) is 19.8 Å². The van der Waals surface area contributed by atoms with Crippen molar-refractivity contribution in [2.75, 3.05) is 23.7 Å². The van der Waals surface area contributed by atoms with Crippen LogP contribution in [-0.2, 0) is 4.79 Å². The van der Waals surface area contributed by atoms with Crippen molar-refractivity contribution in [2.24, 2.45) is 0 Å². The van der Waals surface area contributed by atoms with Gasteiger partial charge in [0.25, 0.3) is 11.8 Å². The van der Waals surface area contributed by atoms with E-state index in [2.05, 4.69) is 17.6 Å². The molecule has 0 bridgehead atoms. The Labute approximate surface area is 178 Å². The van der Waals surface area contributed by atoms with Crippen LogP contribution in [0, 0.1) is 0 Å². The Morgan fingerprint density at radius 3 is 1.80 bits per heavy atom. The third-order valence-corrected chi connectivity index (χ3v) is 4.88. The van der Waals surface area contributed by atoms with E-state index in [0.717, 1.165) is 19.3 Å². The first-order chi connectivity index (χ1) is 14.5. The molecule has 0 aromatic heterocycles. The highest BCUT2D eigenvalue weighted by atomic mass is 16.2. The van der Waals surface area contributed by atoms with Crippen LogP contribution in [0.4, 0.5) is 11.4 Å². The molecule has 0 spiro atoms. The van der Waals surface area contributed by atoms with Crippen LogP contribution in [0.1, 0.15) is 67.2 Å². The number of anilines is 2. The van der Waals surface area contributed by atoms with Crippen LogP contribution in [0.2, 0.25) is 0 Å². The molecule has 6 nitrogen and oxygen atoms in total. The number of rotatable bonds is 10. The maximum atomic E-state index is 12.5. The number of nitrogens with zero attached hydrogens (tertiary/aromatic N) is 1. The zero-order valence-electron chi connectivity index (χ0n) is 18.0. The maximum Gasteiger partial charge on any atom is 0.255 e. The highest BCUT2D eigenvalue weighted by Gasteiger charge is 2.13. The molecular weight excluding hydrogens is 378 g/mol. The van der Waals surface area contributed by atoms with E-state index in [9.17, 15) is 14.4 Å². The zero-order chi connectivity index (χ0) is 21.9. The summed E-state index contributed by atoms with van der Waals surface area (Å²) in [5, 5.41) is 5.67. The molecule has 0 heterocycles. The summed E-state index contributed by atoms with van der Waals surface area (Å²) in [4.78, 5) is 38.5. The molecule has 2 N–H and O–H groups in total. The Balaban J connectivity index is 1.93. The van der Waals surface area contributed by atoms with Gasteiger partial charge in [0, 0.05) is 42.0 Å². The van der Waals surface area contributed by atoms with Crippen molar-refractivity contribution >= 4 is 29.1 Å². The lowest BCUT2D eigenvalue weighted by molar-refractivity contribution is -0.116. The van der Waals surface area contributed by atoms with Crippen molar-refractivity contribution in [1.29, 1.82) is 0 Å². The van der Waals surface area contributed by atoms with Gasteiger partial charge in [0.05, 0.1) is 0 Å². The molecule has 0 atom stereocenters. The van der Waals surface area contributed by atoms with Crippen molar-refractivity contribution in [1.82, 2.24) is 4.90 Å². The van der Waals surface area contributed by atoms with E-state index in [4.69, 9.17) is 0 Å². The number of benzene rings is 2. The van der Waals surface area contributed by atoms with Crippen molar-refractivity contribution < 1.29 is 14.4 Å². The summed E-state index contributed by atoms with van der Waals surface area (Å²) in [6.45, 7) is 7.30. The molecule has 2 aromatic rings. The number of nitrogens with one attached hydrogen (secondary N) is 2. The van der Waals surface area contributed by atoms with Gasteiger partial charge in [0.1, 0.15) is 0 Å². The molecular formula is C24H31N3O3. The second-order valence-electron chi connectivity index (χ2n) is 7.09. The van der Waals surface area contributed by atoms with Crippen molar-refractivity contribution in [3.63, 3.8) is 0 Å². The fourth-order valence-corrected chi connectivity index (χ4v) is 3.06. The highest BCUT2D eigenvalue weighted by molar-refractivity contribution is 6.05. The number of hydrogen-bond donors (Lipinski definition) is 2. The molecule has 2 rings (SSSR count). The Morgan fingerprint density at radius 2 is 1.27 bits per heavy atom. The van der Waals surface area contributed by atoms with Gasteiger partial charge in [-0.05, 0) is 68.8 Å². The lowest BCUT2D eigenvalue weighted by Gasteiger charge is -2.18. The van der Waals surface area contributed by atoms with E-state index in [1.54, 1.807) is 53.4 Å². The quantitative estimate of drug-likeness (QED) is 0.546. The van der Waals surface area contributed by atoms with Gasteiger partial charge in [-0.25, -0.2) is 0 Å². The minimum atomic E-state index is -0.251. The van der Waals surface area contributed by atoms with Crippen LogP contribution in [0.25, 0.3) is 0 Å². The summed E-state index contributed by atoms with van der Waals surface area (Å²) in [6, 6.07) is 13.7. The Kier molecular flexibility index (Phi) is 9.06. The van der Waals surface area contributed by atoms with Gasteiger partial charge in [0.15, 0.2) is 0 Å². The molecule has 0 aliphatic heterocycles. The van der Waals surface area contributed by atoms with Crippen LogP contribution in [0.3, 0.4) is 0 Å². The molecule has 0 radical (unpaired) electrons. The minimum absolute atomic E-state index is 0.0139. The number of amides is 3. The molecule has 160 valence electrons. The molecule has 6 heteroatoms. The number of carbonyl (C=O) groups excluding carboxylic acids is 3. The van der Waals surface area contributed by atoms with Gasteiger partial charge >= 0.3 is 0 Å². The molecule has 3 amide bonds. The van der Waals surface area contributed by atoms with Gasteiger partial charge in [-0.2, -0.15) is 0 Å². The SMILES string of the molecule is CCCCCC(=O)Nc1ccc(C(=O)Nc2ccc(C(=O)N(CC)CC)cc2)cc1. The average Bonchev–Trinajstić information content (AvgIpc) is 2.75. The predicted molar refractivity (Wildman–Crippen MR) is 121 cm³/mol. The fourth-order valence-electron chi connectivity index (χ4n) is 3.06. The Bertz CT molecular complexity index is 841. The van der Waals surface area contributed by atoms with Crippen LogP contribution >= 0.6 is 0 Å². The highest BCUT2D eigenvalue weighted by Crippen LogP contribution is 2.15. The standard InChI is InChI=1S/C24H31N3O3/c1-4-7-8-9-22(28)25-20-14-10-18(11-15-20)23(29)26-21-16-12-19(13-17-21)24(30)27(5-2)6-3/h10-17H,4-9H2,1-3H3,(H,25,28)(H,26,29). The average molecular weight is 410 g/mol. The zero-order valence-corrected chi connectivity index (χ0v) is 18.0. The molecule has 0 fully saturated rings. The molecule has 2 aromatic carbocycles. The molecule has 0 aliphatic carbocycles. The maximum absolute atomic E-state index is 12.5. The normalized spacial score (nSPS) is 10.4. The van der Waals surface area contributed by atoms with Crippen LogP contribution in [0.15, 0.2) is 48.5 Å². The summed E-state index contributed by atoms with van der Waals surface area (Å²) in [6.07, 6.45) is 3.49. The smallest absolute Gasteiger partial charge is 0.255 e. The first-order valence-corrected chi connectivity index (χ1v) is 10.6. The van der Waals surface area contributed by atoms with E-state index in [-0.39, 0.29) is 17.7 Å². The lowest BCUT2D eigenvalue weighted by atomic mass is 10.1. The molecule has 0 saturated carbocycles. The third kappa shape index (κ3) is 6.72. The number of unbranched alkanes of at least 4 members (excludes halogenated alkanes) is 2. The van der Waals surface area contributed by atoms with E-state index < -0.39 is 0 Å². The predicted octanol–water partition coefficient (Wildman–Crippen LogP) is 4.94. The van der Waals surface area contributed by atoms with Gasteiger partial charge in [0.2, 0.25) is 5.91 Å². The van der Waals surface area contributed by atoms with Crippen LogP contribution in [0.5, 0.6) is 0 Å². The first-order valence-electron chi connectivity index (χ1n) is 10.6. The third-order valence-electron chi connectivity index (χ3n) is 4.88. The van der Waals surface area contributed by atoms with E-state index >= 15 is 0 Å². The van der Waals surface area contributed by atoms with Crippen molar-refractivity contribution in [3.8, 4) is 0 Å². The molecule has 0 saturated heterocycles. The summed E-state index contributed by atoms with van der Waals surface area (Å²) in [5.74, 6) is -0.288. The fraction of sp³-hybridized carbons (Fsp3) is 0.375. The molecule has 0 unspecified atom stereocenters. The largest absolute Gasteiger partial charge is 0.339 e. The summed E-state index contributed by atoms with van der Waals surface area (Å²) < 4.78 is 0. The lowest BCUT2D eigenvalue weighted by Crippen LogP contribution is -2.30. The first kappa shape index (κ1) is 23.1. The summed E-state index contributed by atoms with van der Waals surface area (Å²) >= 11 is 0. The van der Waals surface area contributed by atoms with Crippen molar-refractivity contribution in [3.05, 3.63) is 59.7 Å². The van der Waals surface area contributed by atoms with Crippen molar-refractivity contribution in [2.45, 2.75) is 46.5 Å². The summed E-state index contributed by atoms with van der Waals surface area (Å²) in [5.41, 5.74) is 2.37. The van der Waals surface area contributed by atoms with E-state index in [0.29, 0.717) is 42.0 Å². The van der Waals surface area contributed by atoms with Crippen LogP contribution in [-0.4, -0.2) is 35.7 Å². The van der Waals surface area contributed by atoms with Gasteiger partial charge in [-0.15, -0.1) is 0 Å². The van der Waals surface area contributed by atoms with E-state index in [1.165, 1.54) is 0 Å². The topological polar surface area (TPSA) is 78.5 Å². The van der Waals surface area contributed by atoms with Gasteiger partial charge in [-0.3, -0.25) is 14.4 Å². The summed E-state index contributed by atoms with van der Waals surface area (Å²) in [7, 11) is 0. The van der Waals surface area contributed by atoms with Crippen LogP contribution < -0.4 is 10.6 Å². The number of hydrogen-bond acceptors (Lipinski definition) is 3. The Hall–Kier alpha value is -3.15. The van der Waals surface area contributed by atoms with E-state index in [1.807, 2.05) is 13.8 Å². The number of carbonyl (C=O) groups is 3. The van der Waals surface area contributed by atoms with Gasteiger partial charge < -0.3 is 15.5 Å². The second kappa shape index (κ2) is 11.8. The minimum Gasteiger partial charge on any atom is -0.339 e. The molecule has 30 heavy (non-hydrogen) atoms.